The summed E-state index contributed by atoms with van der Waals surface area (Å²) >= 11 is 1.24. The van der Waals surface area contributed by atoms with Crippen molar-refractivity contribution >= 4 is 28.6 Å². The summed E-state index contributed by atoms with van der Waals surface area (Å²) in [4.78, 5) is 21.5. The van der Waals surface area contributed by atoms with Gasteiger partial charge in [0.25, 0.3) is 5.91 Å². The van der Waals surface area contributed by atoms with E-state index in [2.05, 4.69) is 38.9 Å². The normalized spacial score (nSPS) is 16.3. The number of ether oxygens (including phenoxy) is 1. The van der Waals surface area contributed by atoms with E-state index in [-0.39, 0.29) is 17.4 Å². The van der Waals surface area contributed by atoms with E-state index in [9.17, 15) is 18.0 Å². The highest BCUT2D eigenvalue weighted by Gasteiger charge is 2.31. The van der Waals surface area contributed by atoms with Crippen molar-refractivity contribution in [2.45, 2.75) is 18.8 Å². The Morgan fingerprint density at radius 3 is 2.45 bits per heavy atom. The van der Waals surface area contributed by atoms with Gasteiger partial charge >= 0.3 is 6.36 Å². The monoisotopic (exact) mass is 476 g/mol. The number of aromatic nitrogens is 1. The van der Waals surface area contributed by atoms with Crippen LogP contribution in [0.4, 0.5) is 24.5 Å². The molecule has 174 valence electrons. The molecule has 1 fully saturated rings. The van der Waals surface area contributed by atoms with Gasteiger partial charge in [0.2, 0.25) is 0 Å². The maximum Gasteiger partial charge on any atom is 0.573 e. The topological polar surface area (TPSA) is 57.7 Å². The fourth-order valence-corrected chi connectivity index (χ4v) is 4.46. The number of hydrogen-bond donors (Lipinski definition) is 1. The highest BCUT2D eigenvalue weighted by atomic mass is 32.1. The number of nitrogens with zero attached hydrogens (tertiary/aromatic N) is 3. The molecule has 10 heteroatoms. The second-order valence-electron chi connectivity index (χ2n) is 7.96. The van der Waals surface area contributed by atoms with E-state index in [4.69, 9.17) is 0 Å². The molecule has 0 radical (unpaired) electrons. The van der Waals surface area contributed by atoms with Crippen LogP contribution >= 0.6 is 11.3 Å². The first-order valence-electron chi connectivity index (χ1n) is 10.3. The first kappa shape index (κ1) is 23.1. The Hall–Kier alpha value is -3.11. The van der Waals surface area contributed by atoms with Gasteiger partial charge in [-0.1, -0.05) is 0 Å². The van der Waals surface area contributed by atoms with Gasteiger partial charge in [0.1, 0.15) is 16.5 Å². The van der Waals surface area contributed by atoms with Gasteiger partial charge in [-0.3, -0.25) is 4.79 Å². The zero-order valence-corrected chi connectivity index (χ0v) is 18.9. The Balaban J connectivity index is 1.37. The van der Waals surface area contributed by atoms with Crippen LogP contribution in [0.25, 0.3) is 10.6 Å². The van der Waals surface area contributed by atoms with Crippen LogP contribution in [-0.4, -0.2) is 55.4 Å². The first-order valence-corrected chi connectivity index (χ1v) is 11.2. The molecule has 1 unspecified atom stereocenters. The highest BCUT2D eigenvalue weighted by Crippen LogP contribution is 2.29. The number of benzene rings is 2. The number of rotatable bonds is 6. The van der Waals surface area contributed by atoms with E-state index in [0.717, 1.165) is 25.2 Å². The number of nitrogens with one attached hydrogen (secondary N) is 1. The summed E-state index contributed by atoms with van der Waals surface area (Å²) in [6, 6.07) is 13.6. The lowest BCUT2D eigenvalue weighted by Crippen LogP contribution is -2.31. The Bertz CT molecular complexity index is 1100. The van der Waals surface area contributed by atoms with Crippen LogP contribution < -0.4 is 15.0 Å². The molecule has 33 heavy (non-hydrogen) atoms. The number of anilines is 2. The smallest absolute Gasteiger partial charge is 0.406 e. The van der Waals surface area contributed by atoms with Crippen LogP contribution in [0.5, 0.6) is 5.75 Å². The fraction of sp³-hybridized carbons (Fsp3) is 0.304. The largest absolute Gasteiger partial charge is 0.573 e. The van der Waals surface area contributed by atoms with Crippen LogP contribution in [0.15, 0.2) is 53.9 Å². The van der Waals surface area contributed by atoms with Gasteiger partial charge < -0.3 is 19.9 Å². The van der Waals surface area contributed by atoms with E-state index >= 15 is 0 Å². The van der Waals surface area contributed by atoms with Crippen LogP contribution in [-0.2, 0) is 0 Å². The summed E-state index contributed by atoms with van der Waals surface area (Å²) in [5, 5.41) is 4.98. The molecule has 4 rings (SSSR count). The lowest BCUT2D eigenvalue weighted by Gasteiger charge is -2.22. The summed E-state index contributed by atoms with van der Waals surface area (Å²) in [5.41, 5.74) is 2.61. The maximum atomic E-state index is 12.6. The Labute approximate surface area is 193 Å². The Morgan fingerprint density at radius 2 is 1.85 bits per heavy atom. The van der Waals surface area contributed by atoms with Crippen molar-refractivity contribution in [2.24, 2.45) is 0 Å². The first-order chi connectivity index (χ1) is 15.7. The van der Waals surface area contributed by atoms with E-state index in [1.54, 1.807) is 5.38 Å². The van der Waals surface area contributed by atoms with Crippen LogP contribution in [0.3, 0.4) is 0 Å². The van der Waals surface area contributed by atoms with Gasteiger partial charge in [0, 0.05) is 41.4 Å². The van der Waals surface area contributed by atoms with Gasteiger partial charge in [-0.2, -0.15) is 0 Å². The molecule has 1 saturated heterocycles. The van der Waals surface area contributed by atoms with Crippen molar-refractivity contribution in [3.8, 4) is 16.3 Å². The van der Waals surface area contributed by atoms with Crippen LogP contribution in [0.2, 0.25) is 0 Å². The second kappa shape index (κ2) is 9.40. The molecule has 2 aromatic carbocycles. The van der Waals surface area contributed by atoms with Gasteiger partial charge in [-0.25, -0.2) is 4.98 Å². The summed E-state index contributed by atoms with van der Waals surface area (Å²) < 4.78 is 40.8. The fourth-order valence-electron chi connectivity index (χ4n) is 3.66. The van der Waals surface area contributed by atoms with Gasteiger partial charge in [0.05, 0.1) is 0 Å². The minimum atomic E-state index is -4.74. The van der Waals surface area contributed by atoms with Crippen molar-refractivity contribution < 1.29 is 22.7 Å². The summed E-state index contributed by atoms with van der Waals surface area (Å²) in [6.07, 6.45) is -3.62. The third-order valence-corrected chi connectivity index (χ3v) is 6.35. The predicted octanol–water partition coefficient (Wildman–Crippen LogP) is 5.10. The minimum absolute atomic E-state index is 0.239. The molecule has 0 spiro atoms. The SMILES string of the molecule is CN(C)C1CCN(c2ccc(NC(=O)c3csc(-c4ccc(OC(F)(F)F)cc4)n3)cc2)C1. The molecule has 1 aromatic heterocycles. The number of alkyl halides is 3. The number of hydrogen-bond acceptors (Lipinski definition) is 6. The zero-order valence-electron chi connectivity index (χ0n) is 18.1. The predicted molar refractivity (Wildman–Crippen MR) is 123 cm³/mol. The van der Waals surface area contributed by atoms with E-state index in [0.29, 0.717) is 22.3 Å². The van der Waals surface area contributed by atoms with Gasteiger partial charge in [0.15, 0.2) is 0 Å². The molecule has 1 atom stereocenters. The number of likely N-dealkylation sites (N-methyl/N-ethyl adjacent to an activating group) is 1. The quantitative estimate of drug-likeness (QED) is 0.536. The third kappa shape index (κ3) is 5.82. The number of halogens is 3. The molecular weight excluding hydrogens is 453 g/mol. The number of carbonyl (C=O) groups is 1. The van der Waals surface area contributed by atoms with Gasteiger partial charge in [-0.05, 0) is 69.0 Å². The van der Waals surface area contributed by atoms with Crippen molar-refractivity contribution in [3.63, 3.8) is 0 Å². The standard InChI is InChI=1S/C23H23F3N4O2S/c1-29(2)18-11-12-30(13-18)17-7-5-16(6-8-17)27-21(31)20-14-33-22(28-20)15-3-9-19(10-4-15)32-23(24,25)26/h3-10,14,18H,11-13H2,1-2H3,(H,27,31). The summed E-state index contributed by atoms with van der Waals surface area (Å²) in [5.74, 6) is -0.661. The van der Waals surface area contributed by atoms with Crippen molar-refractivity contribution in [1.29, 1.82) is 0 Å². The molecule has 1 aliphatic rings. The van der Waals surface area contributed by atoms with Crippen LogP contribution in [0.1, 0.15) is 16.9 Å². The van der Waals surface area contributed by atoms with E-state index < -0.39 is 6.36 Å². The molecule has 1 aliphatic heterocycles. The van der Waals surface area contributed by atoms with E-state index in [1.165, 1.54) is 35.6 Å². The van der Waals surface area contributed by atoms with Crippen molar-refractivity contribution in [2.75, 3.05) is 37.4 Å². The average Bonchev–Trinajstić information content (AvgIpc) is 3.44. The average molecular weight is 477 g/mol. The lowest BCUT2D eigenvalue weighted by molar-refractivity contribution is -0.274. The molecule has 1 amide bonds. The molecule has 3 aromatic rings. The molecule has 2 heterocycles. The molecule has 1 N–H and O–H groups in total. The molecule has 0 aliphatic carbocycles. The second-order valence-corrected chi connectivity index (χ2v) is 8.82. The molecular formula is C23H23F3N4O2S. The van der Waals surface area contributed by atoms with Gasteiger partial charge in [-0.15, -0.1) is 24.5 Å². The highest BCUT2D eigenvalue weighted by molar-refractivity contribution is 7.13. The minimum Gasteiger partial charge on any atom is -0.406 e. The summed E-state index contributed by atoms with van der Waals surface area (Å²) in [6.45, 7) is 1.98. The van der Waals surface area contributed by atoms with Crippen molar-refractivity contribution in [3.05, 3.63) is 59.6 Å². The zero-order chi connectivity index (χ0) is 23.6. The maximum absolute atomic E-state index is 12.6. The lowest BCUT2D eigenvalue weighted by atomic mass is 10.2. The number of amides is 1. The molecule has 6 nitrogen and oxygen atoms in total. The van der Waals surface area contributed by atoms with Crippen molar-refractivity contribution in [1.82, 2.24) is 9.88 Å². The number of carbonyl (C=O) groups excluding carboxylic acids is 1. The van der Waals surface area contributed by atoms with E-state index in [1.807, 2.05) is 24.3 Å². The molecule has 0 saturated carbocycles. The third-order valence-electron chi connectivity index (χ3n) is 5.46. The summed E-state index contributed by atoms with van der Waals surface area (Å²) in [7, 11) is 4.18. The van der Waals surface area contributed by atoms with Crippen LogP contribution in [0, 0.1) is 0 Å². The molecule has 0 bridgehead atoms. The number of thiazole rings is 1. The Kier molecular flexibility index (Phi) is 6.57. The Morgan fingerprint density at radius 1 is 1.15 bits per heavy atom.